The summed E-state index contributed by atoms with van der Waals surface area (Å²) in [7, 11) is 1.55. The molecule has 0 aliphatic heterocycles. The molecular formula is C19H25Cl2N3O3. The van der Waals surface area contributed by atoms with Gasteiger partial charge in [0.05, 0.1) is 12.6 Å². The van der Waals surface area contributed by atoms with Crippen molar-refractivity contribution in [2.24, 2.45) is 0 Å². The first-order valence-electron chi connectivity index (χ1n) is 8.86. The highest BCUT2D eigenvalue weighted by atomic mass is 35.5. The summed E-state index contributed by atoms with van der Waals surface area (Å²) in [6, 6.07) is 3.49. The van der Waals surface area contributed by atoms with Crippen molar-refractivity contribution in [3.8, 4) is 5.75 Å². The minimum absolute atomic E-state index is 0.164. The van der Waals surface area contributed by atoms with E-state index in [0.717, 1.165) is 19.3 Å². The number of ether oxygens (including phenoxy) is 2. The van der Waals surface area contributed by atoms with Crippen LogP contribution in [0, 0.1) is 0 Å². The van der Waals surface area contributed by atoms with E-state index in [9.17, 15) is 4.79 Å². The van der Waals surface area contributed by atoms with Gasteiger partial charge in [-0.3, -0.25) is 4.79 Å². The van der Waals surface area contributed by atoms with Gasteiger partial charge in [-0.1, -0.05) is 29.6 Å². The Hall–Kier alpha value is -1.79. The molecule has 0 radical (unpaired) electrons. The molecule has 6 nitrogen and oxygen atoms in total. The standard InChI is InChI=1S/C19H25Cl2N3O3/c1-19(2,3)27-14(25)8-6-5-7-11-22-18-17(21)23-12-9-10-13(26-4)15(20)16(12)24-18/h9-10H,5-8,11H2,1-4H3,(H,22,24). The van der Waals surface area contributed by atoms with E-state index in [1.54, 1.807) is 19.2 Å². The van der Waals surface area contributed by atoms with Gasteiger partial charge in [0.2, 0.25) is 0 Å². The second-order valence-electron chi connectivity index (χ2n) is 7.14. The normalized spacial score (nSPS) is 11.5. The maximum Gasteiger partial charge on any atom is 0.306 e. The monoisotopic (exact) mass is 413 g/mol. The van der Waals surface area contributed by atoms with Gasteiger partial charge in [0.1, 0.15) is 21.9 Å². The van der Waals surface area contributed by atoms with E-state index < -0.39 is 5.60 Å². The molecule has 8 heteroatoms. The van der Waals surface area contributed by atoms with Gasteiger partial charge in [-0.2, -0.15) is 0 Å². The molecule has 0 aliphatic carbocycles. The molecule has 1 aromatic heterocycles. The predicted molar refractivity (Wildman–Crippen MR) is 109 cm³/mol. The first kappa shape index (κ1) is 21.5. The average molecular weight is 414 g/mol. The van der Waals surface area contributed by atoms with E-state index in [4.69, 9.17) is 32.7 Å². The SMILES string of the molecule is COc1ccc2nc(Cl)c(NCCCCCC(=O)OC(C)(C)C)nc2c1Cl. The van der Waals surface area contributed by atoms with Crippen LogP contribution in [0.25, 0.3) is 11.0 Å². The number of methoxy groups -OCH3 is 1. The van der Waals surface area contributed by atoms with Crippen LogP contribution in [0.1, 0.15) is 46.5 Å². The molecular weight excluding hydrogens is 389 g/mol. The van der Waals surface area contributed by atoms with E-state index in [0.29, 0.717) is 40.6 Å². The highest BCUT2D eigenvalue weighted by Gasteiger charge is 2.15. The molecule has 27 heavy (non-hydrogen) atoms. The topological polar surface area (TPSA) is 73.3 Å². The third kappa shape index (κ3) is 6.40. The van der Waals surface area contributed by atoms with Gasteiger partial charge in [0, 0.05) is 13.0 Å². The summed E-state index contributed by atoms with van der Waals surface area (Å²) >= 11 is 12.5. The van der Waals surface area contributed by atoms with Crippen LogP contribution >= 0.6 is 23.2 Å². The van der Waals surface area contributed by atoms with E-state index in [1.807, 2.05) is 20.8 Å². The number of aromatic nitrogens is 2. The molecule has 1 aromatic carbocycles. The lowest BCUT2D eigenvalue weighted by Crippen LogP contribution is -2.23. The van der Waals surface area contributed by atoms with Crippen molar-refractivity contribution in [2.45, 2.75) is 52.1 Å². The lowest BCUT2D eigenvalue weighted by atomic mass is 10.1. The Balaban J connectivity index is 1.85. The molecule has 2 aromatic rings. The Morgan fingerprint density at radius 2 is 1.89 bits per heavy atom. The third-order valence-corrected chi connectivity index (χ3v) is 4.32. The fraction of sp³-hybridized carbons (Fsp3) is 0.526. The lowest BCUT2D eigenvalue weighted by Gasteiger charge is -2.19. The van der Waals surface area contributed by atoms with E-state index >= 15 is 0 Å². The van der Waals surface area contributed by atoms with Gasteiger partial charge in [0.25, 0.3) is 0 Å². The number of nitrogens with one attached hydrogen (secondary N) is 1. The van der Waals surface area contributed by atoms with E-state index in [-0.39, 0.29) is 11.1 Å². The van der Waals surface area contributed by atoms with Crippen molar-refractivity contribution in [3.63, 3.8) is 0 Å². The number of carbonyl (C=O) groups excluding carboxylic acids is 1. The van der Waals surface area contributed by atoms with Crippen molar-refractivity contribution in [1.82, 2.24) is 9.97 Å². The van der Waals surface area contributed by atoms with Crippen LogP contribution in [0.3, 0.4) is 0 Å². The Kier molecular flexibility index (Phi) is 7.50. The van der Waals surface area contributed by atoms with Crippen LogP contribution in [0.4, 0.5) is 5.82 Å². The van der Waals surface area contributed by atoms with Crippen LogP contribution < -0.4 is 10.1 Å². The molecule has 0 spiro atoms. The summed E-state index contributed by atoms with van der Waals surface area (Å²) in [5, 5.41) is 3.87. The molecule has 0 unspecified atom stereocenters. The number of unbranched alkanes of at least 4 members (excludes halogenated alkanes) is 2. The van der Waals surface area contributed by atoms with Crippen molar-refractivity contribution in [2.75, 3.05) is 19.0 Å². The Labute approximate surface area is 169 Å². The number of anilines is 1. The van der Waals surface area contributed by atoms with Gasteiger partial charge in [-0.05, 0) is 45.7 Å². The number of fused-ring (bicyclic) bond motifs is 1. The number of nitrogens with zero attached hydrogens (tertiary/aromatic N) is 2. The van der Waals surface area contributed by atoms with Crippen molar-refractivity contribution >= 4 is 46.0 Å². The lowest BCUT2D eigenvalue weighted by molar-refractivity contribution is -0.154. The highest BCUT2D eigenvalue weighted by molar-refractivity contribution is 6.37. The highest BCUT2D eigenvalue weighted by Crippen LogP contribution is 2.33. The molecule has 1 N–H and O–H groups in total. The fourth-order valence-electron chi connectivity index (χ4n) is 2.49. The summed E-state index contributed by atoms with van der Waals surface area (Å²) in [5.74, 6) is 0.850. The van der Waals surface area contributed by atoms with Crippen LogP contribution in [0.2, 0.25) is 10.2 Å². The zero-order valence-electron chi connectivity index (χ0n) is 16.1. The molecule has 0 saturated heterocycles. The number of hydrogen-bond donors (Lipinski definition) is 1. The minimum atomic E-state index is -0.436. The van der Waals surface area contributed by atoms with Crippen LogP contribution in [-0.2, 0) is 9.53 Å². The first-order valence-corrected chi connectivity index (χ1v) is 9.62. The zero-order chi connectivity index (χ0) is 20.0. The molecule has 0 fully saturated rings. The minimum Gasteiger partial charge on any atom is -0.495 e. The van der Waals surface area contributed by atoms with Gasteiger partial charge in [-0.15, -0.1) is 0 Å². The van der Waals surface area contributed by atoms with Crippen LogP contribution in [0.5, 0.6) is 5.75 Å². The Bertz CT molecular complexity index is 807. The summed E-state index contributed by atoms with van der Waals surface area (Å²) < 4.78 is 10.5. The molecule has 2 rings (SSSR count). The summed E-state index contributed by atoms with van der Waals surface area (Å²) in [6.07, 6.45) is 2.95. The number of rotatable bonds is 8. The first-order chi connectivity index (χ1) is 12.7. The number of carbonyl (C=O) groups is 1. The number of benzene rings is 1. The summed E-state index contributed by atoms with van der Waals surface area (Å²) in [5.41, 5.74) is 0.704. The maximum atomic E-state index is 11.7. The molecule has 0 saturated carbocycles. The molecule has 1 heterocycles. The van der Waals surface area contributed by atoms with Crippen molar-refractivity contribution < 1.29 is 14.3 Å². The quantitative estimate of drug-likeness (QED) is 0.469. The number of hydrogen-bond acceptors (Lipinski definition) is 6. The third-order valence-electron chi connectivity index (χ3n) is 3.69. The summed E-state index contributed by atoms with van der Waals surface area (Å²) in [4.78, 5) is 20.5. The Morgan fingerprint density at radius 1 is 1.15 bits per heavy atom. The Morgan fingerprint density at radius 3 is 2.56 bits per heavy atom. The smallest absolute Gasteiger partial charge is 0.306 e. The fourth-order valence-corrected chi connectivity index (χ4v) is 2.97. The molecule has 148 valence electrons. The largest absolute Gasteiger partial charge is 0.495 e. The average Bonchev–Trinajstić information content (AvgIpc) is 2.57. The molecule has 0 amide bonds. The van der Waals surface area contributed by atoms with Crippen LogP contribution in [0.15, 0.2) is 12.1 Å². The maximum absolute atomic E-state index is 11.7. The molecule has 0 atom stereocenters. The number of esters is 1. The second-order valence-corrected chi connectivity index (χ2v) is 7.87. The van der Waals surface area contributed by atoms with Gasteiger partial charge in [0.15, 0.2) is 11.0 Å². The van der Waals surface area contributed by atoms with Gasteiger partial charge < -0.3 is 14.8 Å². The van der Waals surface area contributed by atoms with E-state index in [1.165, 1.54) is 0 Å². The van der Waals surface area contributed by atoms with Crippen molar-refractivity contribution in [3.05, 3.63) is 22.3 Å². The van der Waals surface area contributed by atoms with Gasteiger partial charge in [-0.25, -0.2) is 9.97 Å². The predicted octanol–water partition coefficient (Wildman–Crippen LogP) is 5.26. The summed E-state index contributed by atoms with van der Waals surface area (Å²) in [6.45, 7) is 6.26. The van der Waals surface area contributed by atoms with Crippen molar-refractivity contribution in [1.29, 1.82) is 0 Å². The molecule has 0 aliphatic rings. The number of halogens is 2. The second kappa shape index (κ2) is 9.42. The van der Waals surface area contributed by atoms with E-state index in [2.05, 4.69) is 15.3 Å². The molecule has 0 bridgehead atoms. The zero-order valence-corrected chi connectivity index (χ0v) is 17.6. The van der Waals surface area contributed by atoms with Crippen LogP contribution in [-0.4, -0.2) is 35.2 Å². The van der Waals surface area contributed by atoms with Gasteiger partial charge >= 0.3 is 5.97 Å².